The van der Waals surface area contributed by atoms with Crippen LogP contribution in [0.2, 0.25) is 10.0 Å². The van der Waals surface area contributed by atoms with E-state index in [1.165, 1.54) is 19.1 Å². The Labute approximate surface area is 240 Å². The summed E-state index contributed by atoms with van der Waals surface area (Å²) in [6.45, 7) is 3.69. The molecule has 0 aliphatic heterocycles. The molecule has 2 amide bonds. The van der Waals surface area contributed by atoms with Gasteiger partial charge in [0.1, 0.15) is 23.3 Å². The van der Waals surface area contributed by atoms with Gasteiger partial charge >= 0.3 is 0 Å². The van der Waals surface area contributed by atoms with E-state index in [1.54, 1.807) is 36.4 Å². The average Bonchev–Trinajstić information content (AvgIpc) is 2.94. The third-order valence-corrected chi connectivity index (χ3v) is 6.90. The van der Waals surface area contributed by atoms with Gasteiger partial charge < -0.3 is 24.4 Å². The molecule has 0 bridgehead atoms. The molecule has 9 heteroatoms. The number of carbonyl (C=O) groups excluding carboxylic acids is 2. The zero-order valence-electron chi connectivity index (χ0n) is 22.6. The van der Waals surface area contributed by atoms with Crippen LogP contribution in [0.5, 0.6) is 17.2 Å². The van der Waals surface area contributed by atoms with Gasteiger partial charge in [-0.2, -0.15) is 0 Å². The number of halogens is 2. The Bertz CT molecular complexity index is 1230. The summed E-state index contributed by atoms with van der Waals surface area (Å²) in [7, 11) is 3.07. The van der Waals surface area contributed by atoms with Crippen molar-refractivity contribution in [2.45, 2.75) is 45.3 Å². The molecular formula is C30H34Cl2N2O5. The van der Waals surface area contributed by atoms with Gasteiger partial charge in [0.15, 0.2) is 6.61 Å². The smallest absolute Gasteiger partial charge is 0.261 e. The molecule has 0 aliphatic rings. The van der Waals surface area contributed by atoms with Crippen LogP contribution in [0.15, 0.2) is 66.7 Å². The molecule has 0 saturated carbocycles. The van der Waals surface area contributed by atoms with Crippen molar-refractivity contribution in [3.63, 3.8) is 0 Å². The summed E-state index contributed by atoms with van der Waals surface area (Å²) < 4.78 is 16.5. The van der Waals surface area contributed by atoms with Gasteiger partial charge in [0.25, 0.3) is 5.91 Å². The van der Waals surface area contributed by atoms with Crippen molar-refractivity contribution in [1.82, 2.24) is 10.2 Å². The minimum absolute atomic E-state index is 0.0626. The number of amides is 2. The monoisotopic (exact) mass is 572 g/mol. The molecule has 0 aromatic heterocycles. The number of rotatable bonds is 13. The topological polar surface area (TPSA) is 77.1 Å². The van der Waals surface area contributed by atoms with E-state index < -0.39 is 6.04 Å². The lowest BCUT2D eigenvalue weighted by atomic mass is 10.0. The van der Waals surface area contributed by atoms with Gasteiger partial charge in [-0.05, 0) is 36.6 Å². The number of nitrogens with one attached hydrogen (secondary N) is 1. The van der Waals surface area contributed by atoms with Gasteiger partial charge in [-0.15, -0.1) is 0 Å². The molecule has 0 saturated heterocycles. The summed E-state index contributed by atoms with van der Waals surface area (Å²) in [5.74, 6) is 0.804. The Morgan fingerprint density at radius 3 is 2.15 bits per heavy atom. The van der Waals surface area contributed by atoms with E-state index in [4.69, 9.17) is 37.4 Å². The fraction of sp³-hybridized carbons (Fsp3) is 0.333. The van der Waals surface area contributed by atoms with Crippen LogP contribution in [0.25, 0.3) is 0 Å². The summed E-state index contributed by atoms with van der Waals surface area (Å²) in [6, 6.07) is 18.8. The molecule has 39 heavy (non-hydrogen) atoms. The largest absolute Gasteiger partial charge is 0.496 e. The molecule has 0 radical (unpaired) electrons. The average molecular weight is 574 g/mol. The van der Waals surface area contributed by atoms with Crippen molar-refractivity contribution in [3.05, 3.63) is 87.9 Å². The minimum Gasteiger partial charge on any atom is -0.496 e. The predicted octanol–water partition coefficient (Wildman–Crippen LogP) is 5.94. The number of nitrogens with zero attached hydrogens (tertiary/aromatic N) is 1. The maximum absolute atomic E-state index is 13.8. The zero-order chi connectivity index (χ0) is 28.4. The summed E-state index contributed by atoms with van der Waals surface area (Å²) in [5, 5.41) is 3.92. The van der Waals surface area contributed by atoms with E-state index in [1.807, 2.05) is 44.2 Å². The van der Waals surface area contributed by atoms with E-state index in [9.17, 15) is 9.59 Å². The Kier molecular flexibility index (Phi) is 11.3. The number of benzene rings is 3. The molecule has 0 fully saturated rings. The summed E-state index contributed by atoms with van der Waals surface area (Å²) in [6.07, 6.45) is 1.06. The lowest BCUT2D eigenvalue weighted by Crippen LogP contribution is -2.53. The minimum atomic E-state index is -0.816. The first-order valence-corrected chi connectivity index (χ1v) is 13.4. The lowest BCUT2D eigenvalue weighted by Gasteiger charge is -2.32. The second-order valence-electron chi connectivity index (χ2n) is 9.12. The maximum Gasteiger partial charge on any atom is 0.261 e. The van der Waals surface area contributed by atoms with E-state index in [0.717, 1.165) is 12.0 Å². The molecule has 3 rings (SSSR count). The molecular weight excluding hydrogens is 539 g/mol. The van der Waals surface area contributed by atoms with Gasteiger partial charge in [-0.1, -0.05) is 66.5 Å². The number of hydrogen-bond donors (Lipinski definition) is 1. The highest BCUT2D eigenvalue weighted by molar-refractivity contribution is 6.35. The normalized spacial score (nSPS) is 12.3. The van der Waals surface area contributed by atoms with Crippen molar-refractivity contribution in [1.29, 1.82) is 0 Å². The molecule has 0 aliphatic carbocycles. The highest BCUT2D eigenvalue weighted by Gasteiger charge is 2.31. The second kappa shape index (κ2) is 14.7. The Morgan fingerprint density at radius 1 is 0.923 bits per heavy atom. The molecule has 0 spiro atoms. The standard InChI is InChI=1S/C30H34Cl2N2O5/c1-5-20(2)33-30(36)28(13-21-9-7-6-8-10-21)34(18-22-11-12-23(31)14-27(22)32)29(35)19-39-26-16-24(37-3)15-25(17-26)38-4/h6-12,14-17,20,28H,5,13,18-19H2,1-4H3,(H,33,36). The highest BCUT2D eigenvalue weighted by Crippen LogP contribution is 2.28. The molecule has 208 valence electrons. The number of hydrogen-bond acceptors (Lipinski definition) is 5. The Hall–Kier alpha value is -3.42. The first-order chi connectivity index (χ1) is 18.7. The Balaban J connectivity index is 1.96. The summed E-state index contributed by atoms with van der Waals surface area (Å²) in [5.41, 5.74) is 1.58. The van der Waals surface area contributed by atoms with Gasteiger partial charge in [0.2, 0.25) is 5.91 Å². The summed E-state index contributed by atoms with van der Waals surface area (Å²) in [4.78, 5) is 28.9. The fourth-order valence-electron chi connectivity index (χ4n) is 3.92. The van der Waals surface area contributed by atoms with Crippen molar-refractivity contribution in [3.8, 4) is 17.2 Å². The third-order valence-electron chi connectivity index (χ3n) is 6.32. The van der Waals surface area contributed by atoms with Crippen LogP contribution < -0.4 is 19.5 Å². The van der Waals surface area contributed by atoms with Crippen molar-refractivity contribution >= 4 is 35.0 Å². The van der Waals surface area contributed by atoms with E-state index >= 15 is 0 Å². The first kappa shape index (κ1) is 30.1. The van der Waals surface area contributed by atoms with Gasteiger partial charge in [-0.3, -0.25) is 9.59 Å². The number of methoxy groups -OCH3 is 2. The quantitative estimate of drug-likeness (QED) is 0.274. The molecule has 7 nitrogen and oxygen atoms in total. The van der Waals surface area contributed by atoms with Crippen LogP contribution in [0.3, 0.4) is 0 Å². The lowest BCUT2D eigenvalue weighted by molar-refractivity contribution is -0.143. The van der Waals surface area contributed by atoms with E-state index in [2.05, 4.69) is 5.32 Å². The summed E-state index contributed by atoms with van der Waals surface area (Å²) >= 11 is 12.6. The Morgan fingerprint density at radius 2 is 1.56 bits per heavy atom. The molecule has 1 N–H and O–H groups in total. The zero-order valence-corrected chi connectivity index (χ0v) is 24.1. The van der Waals surface area contributed by atoms with Crippen molar-refractivity contribution in [2.75, 3.05) is 20.8 Å². The van der Waals surface area contributed by atoms with Gasteiger partial charge in [0.05, 0.1) is 14.2 Å². The van der Waals surface area contributed by atoms with Gasteiger partial charge in [0, 0.05) is 47.3 Å². The van der Waals surface area contributed by atoms with E-state index in [-0.39, 0.29) is 31.0 Å². The van der Waals surface area contributed by atoms with Crippen molar-refractivity contribution in [2.24, 2.45) is 0 Å². The van der Waals surface area contributed by atoms with Crippen LogP contribution in [-0.4, -0.2) is 49.6 Å². The van der Waals surface area contributed by atoms with Crippen LogP contribution in [0.4, 0.5) is 0 Å². The van der Waals surface area contributed by atoms with Crippen LogP contribution >= 0.6 is 23.2 Å². The molecule has 3 aromatic rings. The molecule has 2 unspecified atom stereocenters. The van der Waals surface area contributed by atoms with Gasteiger partial charge in [-0.25, -0.2) is 0 Å². The molecule has 2 atom stereocenters. The molecule has 3 aromatic carbocycles. The van der Waals surface area contributed by atoms with Crippen LogP contribution in [-0.2, 0) is 22.6 Å². The van der Waals surface area contributed by atoms with Crippen LogP contribution in [0, 0.1) is 0 Å². The third kappa shape index (κ3) is 8.80. The SMILES string of the molecule is CCC(C)NC(=O)C(Cc1ccccc1)N(Cc1ccc(Cl)cc1Cl)C(=O)COc1cc(OC)cc(OC)c1. The number of ether oxygens (including phenoxy) is 3. The number of carbonyl (C=O) groups is 2. The predicted molar refractivity (Wildman–Crippen MR) is 154 cm³/mol. The molecule has 0 heterocycles. The fourth-order valence-corrected chi connectivity index (χ4v) is 4.39. The van der Waals surface area contributed by atoms with Crippen LogP contribution in [0.1, 0.15) is 31.4 Å². The van der Waals surface area contributed by atoms with Crippen molar-refractivity contribution < 1.29 is 23.8 Å². The second-order valence-corrected chi connectivity index (χ2v) is 9.96. The first-order valence-electron chi connectivity index (χ1n) is 12.7. The van der Waals surface area contributed by atoms with E-state index in [0.29, 0.717) is 39.3 Å². The highest BCUT2D eigenvalue weighted by atomic mass is 35.5. The maximum atomic E-state index is 13.8.